The van der Waals surface area contributed by atoms with Gasteiger partial charge in [-0.3, -0.25) is 9.69 Å². The normalized spacial score (nSPS) is 22.8. The van der Waals surface area contributed by atoms with Crippen molar-refractivity contribution >= 4 is 12.0 Å². The number of rotatable bonds is 6. The second kappa shape index (κ2) is 7.36. The zero-order valence-electron chi connectivity index (χ0n) is 12.7. The van der Waals surface area contributed by atoms with Crippen LogP contribution in [0.5, 0.6) is 0 Å². The predicted octanol–water partition coefficient (Wildman–Crippen LogP) is 3.58. The summed E-state index contributed by atoms with van der Waals surface area (Å²) in [7, 11) is 0. The van der Waals surface area contributed by atoms with Gasteiger partial charge in [0.05, 0.1) is 5.41 Å². The van der Waals surface area contributed by atoms with Gasteiger partial charge in [-0.1, -0.05) is 30.4 Å². The molecule has 0 aliphatic carbocycles. The standard InChI is InChI=1S/C18H22FNO2/c1-2-10-18(17(21)22)11-4-13-20(14-18)12-3-5-15-6-8-16(19)9-7-15/h2-3,5-9H,1,4,10-14H2,(H,21,22)/b5-3+/t18-/m0/s1. The van der Waals surface area contributed by atoms with E-state index in [0.717, 1.165) is 18.5 Å². The van der Waals surface area contributed by atoms with Gasteiger partial charge in [0.1, 0.15) is 5.82 Å². The maximum atomic E-state index is 12.8. The van der Waals surface area contributed by atoms with Gasteiger partial charge in [-0.15, -0.1) is 6.58 Å². The molecule has 1 fully saturated rings. The molecular weight excluding hydrogens is 281 g/mol. The van der Waals surface area contributed by atoms with Crippen LogP contribution in [0, 0.1) is 11.2 Å². The van der Waals surface area contributed by atoms with Crippen molar-refractivity contribution in [3.63, 3.8) is 0 Å². The Kier molecular flexibility index (Phi) is 5.50. The first kappa shape index (κ1) is 16.4. The fourth-order valence-electron chi connectivity index (χ4n) is 3.00. The van der Waals surface area contributed by atoms with Crippen molar-refractivity contribution in [3.05, 3.63) is 54.4 Å². The highest BCUT2D eigenvalue weighted by atomic mass is 19.1. The number of allylic oxidation sites excluding steroid dienone is 1. The van der Waals surface area contributed by atoms with Crippen molar-refractivity contribution in [2.24, 2.45) is 5.41 Å². The molecule has 0 spiro atoms. The molecule has 1 N–H and O–H groups in total. The highest BCUT2D eigenvalue weighted by molar-refractivity contribution is 5.75. The number of hydrogen-bond donors (Lipinski definition) is 1. The number of piperidine rings is 1. The van der Waals surface area contributed by atoms with Crippen LogP contribution in [-0.2, 0) is 4.79 Å². The summed E-state index contributed by atoms with van der Waals surface area (Å²) in [4.78, 5) is 13.8. The van der Waals surface area contributed by atoms with E-state index in [2.05, 4.69) is 11.5 Å². The fraction of sp³-hybridized carbons (Fsp3) is 0.389. The lowest BCUT2D eigenvalue weighted by molar-refractivity contribution is -0.152. The summed E-state index contributed by atoms with van der Waals surface area (Å²) in [5.41, 5.74) is 0.234. The van der Waals surface area contributed by atoms with Gasteiger partial charge >= 0.3 is 5.97 Å². The van der Waals surface area contributed by atoms with Crippen LogP contribution in [0.4, 0.5) is 4.39 Å². The summed E-state index contributed by atoms with van der Waals surface area (Å²) in [6.45, 7) is 5.83. The minimum Gasteiger partial charge on any atom is -0.481 e. The van der Waals surface area contributed by atoms with Crippen molar-refractivity contribution in [3.8, 4) is 0 Å². The van der Waals surface area contributed by atoms with Crippen LogP contribution in [0.1, 0.15) is 24.8 Å². The molecule has 1 aliphatic heterocycles. The van der Waals surface area contributed by atoms with Crippen molar-refractivity contribution in [2.75, 3.05) is 19.6 Å². The molecule has 1 aromatic carbocycles. The molecule has 2 rings (SSSR count). The number of carboxylic acid groups (broad SMARTS) is 1. The molecule has 0 radical (unpaired) electrons. The average molecular weight is 303 g/mol. The van der Waals surface area contributed by atoms with Crippen LogP contribution >= 0.6 is 0 Å². The van der Waals surface area contributed by atoms with Gasteiger partial charge in [0.2, 0.25) is 0 Å². The van der Waals surface area contributed by atoms with E-state index in [-0.39, 0.29) is 5.82 Å². The molecule has 0 saturated carbocycles. The predicted molar refractivity (Wildman–Crippen MR) is 86.0 cm³/mol. The van der Waals surface area contributed by atoms with E-state index in [1.165, 1.54) is 12.1 Å². The molecule has 4 heteroatoms. The molecule has 118 valence electrons. The van der Waals surface area contributed by atoms with Crippen LogP contribution in [0.15, 0.2) is 43.0 Å². The molecule has 0 amide bonds. The molecular formula is C18H22FNO2. The third-order valence-corrected chi connectivity index (χ3v) is 4.19. The van der Waals surface area contributed by atoms with Crippen molar-refractivity contribution in [2.45, 2.75) is 19.3 Å². The van der Waals surface area contributed by atoms with Crippen LogP contribution in [0.25, 0.3) is 6.08 Å². The number of aliphatic carboxylic acids is 1. The first-order chi connectivity index (χ1) is 10.6. The van der Waals surface area contributed by atoms with E-state index in [9.17, 15) is 14.3 Å². The Balaban J connectivity index is 1.96. The lowest BCUT2D eigenvalue weighted by Crippen LogP contribution is -2.47. The number of carboxylic acids is 1. The van der Waals surface area contributed by atoms with Crippen molar-refractivity contribution < 1.29 is 14.3 Å². The summed E-state index contributed by atoms with van der Waals surface area (Å²) >= 11 is 0. The molecule has 0 unspecified atom stereocenters. The summed E-state index contributed by atoms with van der Waals surface area (Å²) in [5, 5.41) is 9.54. The molecule has 1 atom stereocenters. The van der Waals surface area contributed by atoms with Crippen LogP contribution in [0.3, 0.4) is 0 Å². The second-order valence-electron chi connectivity index (χ2n) is 5.87. The highest BCUT2D eigenvalue weighted by Gasteiger charge is 2.40. The van der Waals surface area contributed by atoms with E-state index in [4.69, 9.17) is 0 Å². The van der Waals surface area contributed by atoms with Gasteiger partial charge < -0.3 is 5.11 Å². The summed E-state index contributed by atoms with van der Waals surface area (Å²) < 4.78 is 12.8. The maximum Gasteiger partial charge on any atom is 0.311 e. The van der Waals surface area contributed by atoms with E-state index < -0.39 is 11.4 Å². The van der Waals surface area contributed by atoms with Gasteiger partial charge in [-0.25, -0.2) is 4.39 Å². The van der Waals surface area contributed by atoms with Gasteiger partial charge in [0.25, 0.3) is 0 Å². The number of carbonyl (C=O) groups is 1. The number of hydrogen-bond acceptors (Lipinski definition) is 2. The van der Waals surface area contributed by atoms with Crippen molar-refractivity contribution in [1.82, 2.24) is 4.90 Å². The largest absolute Gasteiger partial charge is 0.481 e. The zero-order valence-corrected chi connectivity index (χ0v) is 12.7. The lowest BCUT2D eigenvalue weighted by atomic mass is 9.77. The monoisotopic (exact) mass is 303 g/mol. The molecule has 0 bridgehead atoms. The molecule has 1 saturated heterocycles. The third-order valence-electron chi connectivity index (χ3n) is 4.19. The van der Waals surface area contributed by atoms with Crippen molar-refractivity contribution in [1.29, 1.82) is 0 Å². The Bertz CT molecular complexity index is 553. The fourth-order valence-corrected chi connectivity index (χ4v) is 3.00. The van der Waals surface area contributed by atoms with E-state index in [0.29, 0.717) is 25.9 Å². The molecule has 22 heavy (non-hydrogen) atoms. The maximum absolute atomic E-state index is 12.8. The molecule has 1 aliphatic rings. The SMILES string of the molecule is C=CC[C@]1(C(=O)O)CCCN(C/C=C/c2ccc(F)cc2)C1. The first-order valence-corrected chi connectivity index (χ1v) is 7.54. The van der Waals surface area contributed by atoms with Crippen LogP contribution in [0.2, 0.25) is 0 Å². The number of likely N-dealkylation sites (tertiary alicyclic amines) is 1. The lowest BCUT2D eigenvalue weighted by Gasteiger charge is -2.39. The zero-order chi connectivity index (χ0) is 16.0. The minimum atomic E-state index is -0.736. The van der Waals surface area contributed by atoms with Gasteiger partial charge in [0.15, 0.2) is 0 Å². The van der Waals surface area contributed by atoms with Crippen LogP contribution in [-0.4, -0.2) is 35.6 Å². The van der Waals surface area contributed by atoms with Gasteiger partial charge in [-0.05, 0) is 43.5 Å². The Morgan fingerprint density at radius 3 is 2.77 bits per heavy atom. The smallest absolute Gasteiger partial charge is 0.311 e. The quantitative estimate of drug-likeness (QED) is 0.817. The average Bonchev–Trinajstić information content (AvgIpc) is 2.50. The van der Waals surface area contributed by atoms with E-state index in [1.807, 2.05) is 12.2 Å². The summed E-state index contributed by atoms with van der Waals surface area (Å²) in [5.74, 6) is -0.983. The van der Waals surface area contributed by atoms with E-state index in [1.54, 1.807) is 18.2 Å². The van der Waals surface area contributed by atoms with Gasteiger partial charge in [-0.2, -0.15) is 0 Å². The second-order valence-corrected chi connectivity index (χ2v) is 5.87. The Labute approximate surface area is 130 Å². The Morgan fingerprint density at radius 2 is 2.14 bits per heavy atom. The van der Waals surface area contributed by atoms with Crippen LogP contribution < -0.4 is 0 Å². The topological polar surface area (TPSA) is 40.5 Å². The van der Waals surface area contributed by atoms with E-state index >= 15 is 0 Å². The molecule has 3 nitrogen and oxygen atoms in total. The molecule has 1 aromatic rings. The first-order valence-electron chi connectivity index (χ1n) is 7.54. The third kappa shape index (κ3) is 4.04. The number of halogens is 1. The minimum absolute atomic E-state index is 0.246. The Hall–Kier alpha value is -1.94. The summed E-state index contributed by atoms with van der Waals surface area (Å²) in [6, 6.07) is 6.31. The summed E-state index contributed by atoms with van der Waals surface area (Å²) in [6.07, 6.45) is 7.71. The number of nitrogens with zero attached hydrogens (tertiary/aromatic N) is 1. The Morgan fingerprint density at radius 1 is 1.41 bits per heavy atom. The molecule has 0 aromatic heterocycles. The van der Waals surface area contributed by atoms with Gasteiger partial charge in [0, 0.05) is 13.1 Å². The number of benzene rings is 1. The molecule has 1 heterocycles. The highest BCUT2D eigenvalue weighted by Crippen LogP contribution is 2.34.